The van der Waals surface area contributed by atoms with Crippen LogP contribution in [0.4, 0.5) is 10.5 Å². The third-order valence-electron chi connectivity index (χ3n) is 8.02. The minimum atomic E-state index is -0.710. The van der Waals surface area contributed by atoms with Gasteiger partial charge in [0.05, 0.1) is 0 Å². The van der Waals surface area contributed by atoms with Crippen molar-refractivity contribution in [2.24, 2.45) is 0 Å². The predicted molar refractivity (Wildman–Crippen MR) is 161 cm³/mol. The number of likely N-dealkylation sites (tertiary alicyclic amines) is 1. The number of nitrogens with zero attached hydrogens (tertiary/aromatic N) is 1. The SMILES string of the molecule is CNC(=O)Nc1ccccc1C1CCN(C(=O)[C@@H](Cc2ccc(Cl)cc2)NC(=O)C2NCCc3ccccc32)CC1. The van der Waals surface area contributed by atoms with E-state index in [2.05, 4.69) is 27.3 Å². The quantitative estimate of drug-likeness (QED) is 0.336. The number of anilines is 1. The summed E-state index contributed by atoms with van der Waals surface area (Å²) in [5, 5.41) is 12.5. The molecule has 1 unspecified atom stereocenters. The molecular weight excluding hydrogens is 538 g/mol. The first-order valence-corrected chi connectivity index (χ1v) is 14.5. The van der Waals surface area contributed by atoms with Gasteiger partial charge >= 0.3 is 6.03 Å². The molecule has 0 radical (unpaired) electrons. The number of halogens is 1. The highest BCUT2D eigenvalue weighted by Gasteiger charge is 2.33. The lowest BCUT2D eigenvalue weighted by Crippen LogP contribution is -2.54. The maximum absolute atomic E-state index is 13.9. The van der Waals surface area contributed by atoms with Crippen LogP contribution in [0.2, 0.25) is 5.02 Å². The fourth-order valence-electron chi connectivity index (χ4n) is 5.83. The largest absolute Gasteiger partial charge is 0.342 e. The number of urea groups is 1. The van der Waals surface area contributed by atoms with Gasteiger partial charge in [0.2, 0.25) is 11.8 Å². The van der Waals surface area contributed by atoms with E-state index in [1.165, 1.54) is 0 Å². The van der Waals surface area contributed by atoms with Crippen LogP contribution >= 0.6 is 11.6 Å². The van der Waals surface area contributed by atoms with E-state index >= 15 is 0 Å². The second-order valence-corrected chi connectivity index (χ2v) is 11.1. The first kappa shape index (κ1) is 28.6. The Morgan fingerprint density at radius 1 is 0.951 bits per heavy atom. The van der Waals surface area contributed by atoms with Gasteiger partial charge < -0.3 is 26.2 Å². The van der Waals surface area contributed by atoms with Crippen LogP contribution in [0.1, 0.15) is 47.1 Å². The monoisotopic (exact) mass is 573 g/mol. The van der Waals surface area contributed by atoms with Crippen LogP contribution in [0, 0.1) is 0 Å². The smallest absolute Gasteiger partial charge is 0.318 e. The molecule has 2 aliphatic rings. The Morgan fingerprint density at radius 3 is 2.37 bits per heavy atom. The summed E-state index contributed by atoms with van der Waals surface area (Å²) in [6.45, 7) is 1.83. The molecule has 1 fully saturated rings. The summed E-state index contributed by atoms with van der Waals surface area (Å²) in [4.78, 5) is 41.3. The molecule has 8 nitrogen and oxygen atoms in total. The van der Waals surface area contributed by atoms with E-state index in [-0.39, 0.29) is 23.8 Å². The molecule has 0 bridgehead atoms. The van der Waals surface area contributed by atoms with Crippen molar-refractivity contribution in [3.63, 3.8) is 0 Å². The number of hydrogen-bond acceptors (Lipinski definition) is 4. The molecule has 214 valence electrons. The van der Waals surface area contributed by atoms with Crippen LogP contribution in [0.5, 0.6) is 0 Å². The molecule has 3 aromatic rings. The number of para-hydroxylation sites is 1. The number of piperidine rings is 1. The van der Waals surface area contributed by atoms with Crippen molar-refractivity contribution in [2.75, 3.05) is 32.0 Å². The topological polar surface area (TPSA) is 103 Å². The molecule has 0 saturated carbocycles. The first-order chi connectivity index (χ1) is 19.9. The molecule has 9 heteroatoms. The minimum absolute atomic E-state index is 0.0902. The average molecular weight is 574 g/mol. The second kappa shape index (κ2) is 13.2. The Hall–Kier alpha value is -3.88. The summed E-state index contributed by atoms with van der Waals surface area (Å²) in [7, 11) is 1.59. The van der Waals surface area contributed by atoms with Crippen molar-refractivity contribution < 1.29 is 14.4 Å². The molecule has 3 aromatic carbocycles. The van der Waals surface area contributed by atoms with Crippen LogP contribution < -0.4 is 21.3 Å². The van der Waals surface area contributed by atoms with Crippen molar-refractivity contribution in [1.29, 1.82) is 0 Å². The first-order valence-electron chi connectivity index (χ1n) is 14.2. The van der Waals surface area contributed by atoms with Gasteiger partial charge in [-0.2, -0.15) is 0 Å². The molecule has 2 aliphatic heterocycles. The number of amides is 4. The van der Waals surface area contributed by atoms with E-state index in [0.29, 0.717) is 31.1 Å². The molecule has 4 N–H and O–H groups in total. The molecule has 5 rings (SSSR count). The normalized spacial score (nSPS) is 17.7. The van der Waals surface area contributed by atoms with Gasteiger partial charge in [-0.1, -0.05) is 66.2 Å². The van der Waals surface area contributed by atoms with E-state index in [0.717, 1.165) is 47.2 Å². The van der Waals surface area contributed by atoms with E-state index in [1.54, 1.807) is 19.2 Å². The van der Waals surface area contributed by atoms with Gasteiger partial charge in [0.15, 0.2) is 0 Å². The number of hydrogen-bond donors (Lipinski definition) is 4. The molecule has 1 saturated heterocycles. The molecule has 2 heterocycles. The maximum Gasteiger partial charge on any atom is 0.318 e. The Bertz CT molecular complexity index is 1390. The number of carbonyl (C=O) groups is 3. The van der Waals surface area contributed by atoms with E-state index < -0.39 is 12.1 Å². The van der Waals surface area contributed by atoms with Gasteiger partial charge in [-0.3, -0.25) is 9.59 Å². The molecule has 0 aromatic heterocycles. The summed E-state index contributed by atoms with van der Waals surface area (Å²) in [5.41, 5.74) is 4.88. The molecule has 4 amide bonds. The zero-order valence-electron chi connectivity index (χ0n) is 23.2. The van der Waals surface area contributed by atoms with Crippen molar-refractivity contribution in [1.82, 2.24) is 20.9 Å². The number of fused-ring (bicyclic) bond motifs is 1. The van der Waals surface area contributed by atoms with Gasteiger partial charge in [-0.15, -0.1) is 0 Å². The van der Waals surface area contributed by atoms with Gasteiger partial charge in [0.25, 0.3) is 0 Å². The zero-order valence-corrected chi connectivity index (χ0v) is 23.9. The van der Waals surface area contributed by atoms with Crippen molar-refractivity contribution >= 4 is 35.1 Å². The standard InChI is InChI=1S/C32H36ClN5O3/c1-34-32(41)37-27-9-5-4-7-25(27)23-15-18-38(19-16-23)31(40)28(20-21-10-12-24(33)13-11-21)36-30(39)29-26-8-3-2-6-22(26)14-17-35-29/h2-13,23,28-29,35H,14-20H2,1H3,(H,36,39)(H2,34,37,41)/t28-,29?/m1/s1. The third-order valence-corrected chi connectivity index (χ3v) is 8.27. The van der Waals surface area contributed by atoms with Gasteiger partial charge in [-0.05, 0) is 65.6 Å². The Balaban J connectivity index is 1.30. The van der Waals surface area contributed by atoms with Gasteiger partial charge in [0, 0.05) is 43.8 Å². The van der Waals surface area contributed by atoms with Crippen LogP contribution in [0.15, 0.2) is 72.8 Å². The predicted octanol–water partition coefficient (Wildman–Crippen LogP) is 4.41. The maximum atomic E-state index is 13.9. The summed E-state index contributed by atoms with van der Waals surface area (Å²) in [6, 6.07) is 21.7. The van der Waals surface area contributed by atoms with Crippen molar-refractivity contribution in [3.8, 4) is 0 Å². The van der Waals surface area contributed by atoms with Crippen molar-refractivity contribution in [2.45, 2.75) is 43.7 Å². The third kappa shape index (κ3) is 6.89. The van der Waals surface area contributed by atoms with Gasteiger partial charge in [-0.25, -0.2) is 4.79 Å². The molecule has 2 atom stereocenters. The number of benzene rings is 3. The Morgan fingerprint density at radius 2 is 1.63 bits per heavy atom. The second-order valence-electron chi connectivity index (χ2n) is 10.6. The van der Waals surface area contributed by atoms with E-state index in [1.807, 2.05) is 59.5 Å². The lowest BCUT2D eigenvalue weighted by molar-refractivity contribution is -0.137. The minimum Gasteiger partial charge on any atom is -0.342 e. The summed E-state index contributed by atoms with van der Waals surface area (Å²) >= 11 is 6.10. The molecular formula is C32H36ClN5O3. The molecule has 0 spiro atoms. The van der Waals surface area contributed by atoms with Crippen molar-refractivity contribution in [3.05, 3.63) is 100 Å². The lowest BCUT2D eigenvalue weighted by atomic mass is 9.88. The Kier molecular flexibility index (Phi) is 9.21. The summed E-state index contributed by atoms with van der Waals surface area (Å²) < 4.78 is 0. The highest BCUT2D eigenvalue weighted by Crippen LogP contribution is 2.33. The molecule has 41 heavy (non-hydrogen) atoms. The number of nitrogens with one attached hydrogen (secondary N) is 4. The van der Waals surface area contributed by atoms with Crippen LogP contribution in [0.3, 0.4) is 0 Å². The van der Waals surface area contributed by atoms with Gasteiger partial charge in [0.1, 0.15) is 12.1 Å². The van der Waals surface area contributed by atoms with Crippen LogP contribution in [0.25, 0.3) is 0 Å². The van der Waals surface area contributed by atoms with E-state index in [4.69, 9.17) is 11.6 Å². The van der Waals surface area contributed by atoms with Crippen LogP contribution in [-0.4, -0.2) is 55.5 Å². The number of carbonyl (C=O) groups excluding carboxylic acids is 3. The fraction of sp³-hybridized carbons (Fsp3) is 0.344. The lowest BCUT2D eigenvalue weighted by Gasteiger charge is -2.36. The molecule has 0 aliphatic carbocycles. The highest BCUT2D eigenvalue weighted by atomic mass is 35.5. The zero-order chi connectivity index (χ0) is 28.8. The highest BCUT2D eigenvalue weighted by molar-refractivity contribution is 6.30. The summed E-state index contributed by atoms with van der Waals surface area (Å²) in [5.74, 6) is -0.0826. The summed E-state index contributed by atoms with van der Waals surface area (Å²) in [6.07, 6.45) is 2.76. The van der Waals surface area contributed by atoms with Crippen LogP contribution in [-0.2, 0) is 22.4 Å². The Labute approximate surface area is 245 Å². The average Bonchev–Trinajstić information content (AvgIpc) is 3.01. The fourth-order valence-corrected chi connectivity index (χ4v) is 5.96. The number of rotatable bonds is 7. The van der Waals surface area contributed by atoms with E-state index in [9.17, 15) is 14.4 Å².